The van der Waals surface area contributed by atoms with Crippen molar-refractivity contribution in [3.63, 3.8) is 0 Å². The Balaban J connectivity index is 1.70. The first-order valence-corrected chi connectivity index (χ1v) is 9.75. The van der Waals surface area contributed by atoms with Crippen molar-refractivity contribution in [2.45, 2.75) is 19.0 Å². The highest BCUT2D eigenvalue weighted by Gasteiger charge is 2.16. The summed E-state index contributed by atoms with van der Waals surface area (Å²) in [4.78, 5) is 12.3. The van der Waals surface area contributed by atoms with E-state index in [1.165, 1.54) is 16.4 Å². The van der Waals surface area contributed by atoms with E-state index in [2.05, 4.69) is 15.5 Å². The van der Waals surface area contributed by atoms with Crippen molar-refractivity contribution < 1.29 is 4.79 Å². The van der Waals surface area contributed by atoms with Gasteiger partial charge in [0.05, 0.1) is 10.8 Å². The second-order valence-corrected chi connectivity index (χ2v) is 7.69. The maximum atomic E-state index is 12.3. The monoisotopic (exact) mass is 421 g/mol. The summed E-state index contributed by atoms with van der Waals surface area (Å²) in [6.45, 7) is 3.91. The minimum Gasteiger partial charge on any atom is -0.335 e. The zero-order valence-corrected chi connectivity index (χ0v) is 17.0. The molecule has 1 heterocycles. The van der Waals surface area contributed by atoms with Gasteiger partial charge in [0, 0.05) is 16.3 Å². The summed E-state index contributed by atoms with van der Waals surface area (Å²) in [5, 5.41) is 12.4. The number of nitrogens with zero attached hydrogens (tertiary/aromatic N) is 3. The Hall–Kier alpha value is -2.22. The van der Waals surface area contributed by atoms with Gasteiger partial charge in [-0.05, 0) is 43.2 Å². The number of anilines is 1. The Morgan fingerprint density at radius 1 is 1.19 bits per heavy atom. The smallest absolute Gasteiger partial charge is 0.234 e. The number of hydrogen-bond donors (Lipinski definition) is 2. The van der Waals surface area contributed by atoms with Crippen LogP contribution in [0.25, 0.3) is 11.4 Å². The molecule has 3 N–H and O–H groups in total. The average molecular weight is 422 g/mol. The number of hydrogen-bond acceptors (Lipinski definition) is 5. The van der Waals surface area contributed by atoms with E-state index in [9.17, 15) is 4.79 Å². The first kappa shape index (κ1) is 19.5. The number of nitrogens with one attached hydrogen (secondary N) is 1. The van der Waals surface area contributed by atoms with Crippen LogP contribution in [0.15, 0.2) is 41.6 Å². The van der Waals surface area contributed by atoms with Gasteiger partial charge < -0.3 is 11.2 Å². The van der Waals surface area contributed by atoms with E-state index in [1.807, 2.05) is 32.0 Å². The molecule has 6 nitrogen and oxygen atoms in total. The third-order valence-corrected chi connectivity index (χ3v) is 5.41. The number of para-hydroxylation sites is 1. The van der Waals surface area contributed by atoms with Crippen LogP contribution in [0.3, 0.4) is 0 Å². The van der Waals surface area contributed by atoms with Crippen LogP contribution in [-0.2, 0) is 4.79 Å². The molecule has 9 heteroatoms. The minimum absolute atomic E-state index is 0.147. The van der Waals surface area contributed by atoms with Crippen LogP contribution in [0.1, 0.15) is 11.1 Å². The van der Waals surface area contributed by atoms with Crippen LogP contribution in [0.5, 0.6) is 0 Å². The number of aryl methyl sites for hydroxylation is 2. The largest absolute Gasteiger partial charge is 0.335 e. The van der Waals surface area contributed by atoms with Gasteiger partial charge in [0.2, 0.25) is 11.1 Å². The highest BCUT2D eigenvalue weighted by Crippen LogP contribution is 2.30. The molecule has 1 aromatic heterocycles. The minimum atomic E-state index is -0.147. The summed E-state index contributed by atoms with van der Waals surface area (Å²) in [5.74, 6) is 6.48. The molecule has 3 aromatic rings. The van der Waals surface area contributed by atoms with Crippen LogP contribution in [0.2, 0.25) is 10.0 Å². The van der Waals surface area contributed by atoms with E-state index in [4.69, 9.17) is 29.0 Å². The van der Waals surface area contributed by atoms with Crippen molar-refractivity contribution in [2.24, 2.45) is 0 Å². The van der Waals surface area contributed by atoms with E-state index in [1.54, 1.807) is 18.2 Å². The maximum Gasteiger partial charge on any atom is 0.234 e. The topological polar surface area (TPSA) is 85.8 Å². The van der Waals surface area contributed by atoms with E-state index in [0.717, 1.165) is 16.8 Å². The molecule has 0 bridgehead atoms. The van der Waals surface area contributed by atoms with Crippen molar-refractivity contribution in [3.05, 3.63) is 57.6 Å². The van der Waals surface area contributed by atoms with Crippen LogP contribution in [0.4, 0.5) is 5.69 Å². The quantitative estimate of drug-likeness (QED) is 0.473. The maximum absolute atomic E-state index is 12.3. The second kappa shape index (κ2) is 8.21. The fraction of sp³-hybridized carbons (Fsp3) is 0.167. The van der Waals surface area contributed by atoms with Crippen LogP contribution in [-0.4, -0.2) is 26.5 Å². The third-order valence-electron chi connectivity index (χ3n) is 3.91. The molecule has 0 unspecified atom stereocenters. The molecule has 0 aliphatic carbocycles. The first-order chi connectivity index (χ1) is 12.9. The molecule has 0 atom stereocenters. The van der Waals surface area contributed by atoms with Crippen molar-refractivity contribution in [3.8, 4) is 11.4 Å². The van der Waals surface area contributed by atoms with Gasteiger partial charge >= 0.3 is 0 Å². The van der Waals surface area contributed by atoms with Gasteiger partial charge in [-0.15, -0.1) is 10.2 Å². The standard InChI is InChI=1S/C18H17Cl2N5OS/c1-10-4-3-5-11(2)16(10)22-15(26)9-27-18-24-23-17(25(18)21)13-7-6-12(19)8-14(13)20/h3-8H,9,21H2,1-2H3,(H,22,26). The molecule has 27 heavy (non-hydrogen) atoms. The van der Waals surface area contributed by atoms with Crippen LogP contribution in [0, 0.1) is 13.8 Å². The zero-order valence-electron chi connectivity index (χ0n) is 14.7. The van der Waals surface area contributed by atoms with Crippen molar-refractivity contribution in [2.75, 3.05) is 16.9 Å². The van der Waals surface area contributed by atoms with E-state index < -0.39 is 0 Å². The SMILES string of the molecule is Cc1cccc(C)c1NC(=O)CSc1nnc(-c2ccc(Cl)cc2Cl)n1N. The average Bonchev–Trinajstić information content (AvgIpc) is 2.97. The lowest BCUT2D eigenvalue weighted by Crippen LogP contribution is -2.17. The molecule has 0 saturated heterocycles. The molecule has 0 spiro atoms. The molecule has 0 fully saturated rings. The van der Waals surface area contributed by atoms with Crippen molar-refractivity contribution >= 4 is 46.6 Å². The Bertz CT molecular complexity index is 985. The van der Waals surface area contributed by atoms with E-state index >= 15 is 0 Å². The Kier molecular flexibility index (Phi) is 5.94. The number of carbonyl (C=O) groups is 1. The molecular formula is C18H17Cl2N5OS. The normalized spacial score (nSPS) is 10.8. The van der Waals surface area contributed by atoms with Crippen LogP contribution >= 0.6 is 35.0 Å². The Morgan fingerprint density at radius 3 is 2.56 bits per heavy atom. The summed E-state index contributed by atoms with van der Waals surface area (Å²) >= 11 is 13.3. The van der Waals surface area contributed by atoms with Gasteiger partial charge in [-0.2, -0.15) is 0 Å². The number of rotatable bonds is 5. The van der Waals surface area contributed by atoms with E-state index in [0.29, 0.717) is 26.6 Å². The molecule has 2 aromatic carbocycles. The van der Waals surface area contributed by atoms with Crippen LogP contribution < -0.4 is 11.2 Å². The summed E-state index contributed by atoms with van der Waals surface area (Å²) in [5.41, 5.74) is 3.46. The molecule has 0 aliphatic rings. The number of carbonyl (C=O) groups excluding carboxylic acids is 1. The lowest BCUT2D eigenvalue weighted by atomic mass is 10.1. The number of nitrogens with two attached hydrogens (primary N) is 1. The van der Waals surface area contributed by atoms with E-state index in [-0.39, 0.29) is 11.7 Å². The Labute approximate surface area is 171 Å². The molecule has 140 valence electrons. The molecular weight excluding hydrogens is 405 g/mol. The summed E-state index contributed by atoms with van der Waals surface area (Å²) in [6, 6.07) is 10.9. The second-order valence-electron chi connectivity index (χ2n) is 5.90. The van der Waals surface area contributed by atoms with Crippen molar-refractivity contribution in [1.29, 1.82) is 0 Å². The van der Waals surface area contributed by atoms with Gasteiger partial charge in [0.1, 0.15) is 0 Å². The van der Waals surface area contributed by atoms with Gasteiger partial charge in [-0.1, -0.05) is 53.2 Å². The number of nitrogen functional groups attached to an aromatic ring is 1. The zero-order chi connectivity index (χ0) is 19.6. The summed E-state index contributed by atoms with van der Waals surface area (Å²) in [6.07, 6.45) is 0. The molecule has 0 radical (unpaired) electrons. The summed E-state index contributed by atoms with van der Waals surface area (Å²) < 4.78 is 1.31. The lowest BCUT2D eigenvalue weighted by molar-refractivity contribution is -0.113. The highest BCUT2D eigenvalue weighted by atomic mass is 35.5. The number of amides is 1. The van der Waals surface area contributed by atoms with Gasteiger partial charge in [-0.3, -0.25) is 4.79 Å². The van der Waals surface area contributed by atoms with Gasteiger partial charge in [0.15, 0.2) is 5.82 Å². The number of benzene rings is 2. The highest BCUT2D eigenvalue weighted by molar-refractivity contribution is 7.99. The molecule has 3 rings (SSSR count). The summed E-state index contributed by atoms with van der Waals surface area (Å²) in [7, 11) is 0. The lowest BCUT2D eigenvalue weighted by Gasteiger charge is -2.11. The number of aromatic nitrogens is 3. The fourth-order valence-corrected chi connectivity index (χ4v) is 3.70. The molecule has 1 amide bonds. The van der Waals surface area contributed by atoms with Gasteiger partial charge in [0.25, 0.3) is 0 Å². The number of halogens is 2. The fourth-order valence-electron chi connectivity index (χ4n) is 2.55. The molecule has 0 saturated carbocycles. The predicted molar refractivity (Wildman–Crippen MR) is 111 cm³/mol. The Morgan fingerprint density at radius 2 is 1.89 bits per heavy atom. The predicted octanol–water partition coefficient (Wildman–Crippen LogP) is 4.31. The van der Waals surface area contributed by atoms with Gasteiger partial charge in [-0.25, -0.2) is 4.68 Å². The molecule has 0 aliphatic heterocycles. The number of thioether (sulfide) groups is 1. The first-order valence-electron chi connectivity index (χ1n) is 8.01. The third kappa shape index (κ3) is 4.37. The van der Waals surface area contributed by atoms with Crippen molar-refractivity contribution in [1.82, 2.24) is 14.9 Å².